The van der Waals surface area contributed by atoms with Gasteiger partial charge in [0.15, 0.2) is 0 Å². The zero-order valence-electron chi connectivity index (χ0n) is 12.0. The Morgan fingerprint density at radius 3 is 2.52 bits per heavy atom. The van der Waals surface area contributed by atoms with Crippen molar-refractivity contribution in [3.63, 3.8) is 0 Å². The molecule has 0 saturated heterocycles. The third-order valence-electron chi connectivity index (χ3n) is 3.01. The Bertz CT molecular complexity index is 754. The first kappa shape index (κ1) is 16.5. The van der Waals surface area contributed by atoms with Crippen LogP contribution in [0.3, 0.4) is 0 Å². The number of nitrogens with one attached hydrogen (secondary N) is 2. The number of thiophene rings is 1. The van der Waals surface area contributed by atoms with Crippen molar-refractivity contribution >= 4 is 43.0 Å². The van der Waals surface area contributed by atoms with Gasteiger partial charge in [-0.05, 0) is 56.3 Å². The quantitative estimate of drug-likeness (QED) is 0.821. The zero-order chi connectivity index (χ0) is 15.6. The Morgan fingerprint density at radius 1 is 1.19 bits per heavy atom. The molecule has 2 N–H and O–H groups in total. The van der Waals surface area contributed by atoms with Gasteiger partial charge in [0.05, 0.1) is 0 Å². The van der Waals surface area contributed by atoms with Crippen LogP contribution in [0.2, 0.25) is 0 Å². The summed E-state index contributed by atoms with van der Waals surface area (Å²) in [6.07, 6.45) is 0. The van der Waals surface area contributed by atoms with E-state index >= 15 is 0 Å². The number of hydrogen-bond donors (Lipinski definition) is 2. The minimum atomic E-state index is -3.54. The first-order valence-electron chi connectivity index (χ1n) is 6.36. The van der Waals surface area contributed by atoms with E-state index in [1.54, 1.807) is 18.2 Å². The van der Waals surface area contributed by atoms with Gasteiger partial charge in [0.25, 0.3) is 10.0 Å². The van der Waals surface area contributed by atoms with E-state index in [1.807, 2.05) is 27.0 Å². The largest absolute Gasteiger partial charge is 0.315 e. The van der Waals surface area contributed by atoms with Crippen LogP contribution >= 0.6 is 27.3 Å². The Balaban J connectivity index is 2.29. The van der Waals surface area contributed by atoms with Crippen molar-refractivity contribution in [3.8, 4) is 0 Å². The second kappa shape index (κ2) is 6.48. The van der Waals surface area contributed by atoms with Gasteiger partial charge in [0, 0.05) is 21.6 Å². The fraction of sp³-hybridized carbons (Fsp3) is 0.286. The molecule has 0 radical (unpaired) electrons. The van der Waals surface area contributed by atoms with E-state index in [4.69, 9.17) is 0 Å². The van der Waals surface area contributed by atoms with E-state index in [2.05, 4.69) is 26.0 Å². The second-order valence-corrected chi connectivity index (χ2v) is 8.67. The summed E-state index contributed by atoms with van der Waals surface area (Å²) in [6, 6.07) is 7.09. The van der Waals surface area contributed by atoms with Crippen molar-refractivity contribution in [1.29, 1.82) is 0 Å². The predicted molar refractivity (Wildman–Crippen MR) is 91.5 cm³/mol. The molecule has 0 aliphatic carbocycles. The molecule has 0 fully saturated rings. The minimum absolute atomic E-state index is 0.339. The van der Waals surface area contributed by atoms with E-state index in [1.165, 1.54) is 11.3 Å². The lowest BCUT2D eigenvalue weighted by atomic mass is 10.2. The van der Waals surface area contributed by atoms with Crippen LogP contribution < -0.4 is 10.0 Å². The summed E-state index contributed by atoms with van der Waals surface area (Å²) in [5, 5.41) is 3.04. The van der Waals surface area contributed by atoms with Crippen LogP contribution in [-0.4, -0.2) is 15.5 Å². The lowest BCUT2D eigenvalue weighted by Gasteiger charge is -2.07. The fourth-order valence-corrected chi connectivity index (χ4v) is 4.77. The van der Waals surface area contributed by atoms with Crippen molar-refractivity contribution in [2.75, 3.05) is 11.8 Å². The first-order chi connectivity index (χ1) is 9.83. The maximum atomic E-state index is 12.4. The van der Waals surface area contributed by atoms with Crippen LogP contribution in [0.5, 0.6) is 0 Å². The molecule has 1 aromatic heterocycles. The zero-order valence-corrected chi connectivity index (χ0v) is 15.2. The predicted octanol–water partition coefficient (Wildman–Crippen LogP) is 3.65. The van der Waals surface area contributed by atoms with E-state index in [-0.39, 0.29) is 0 Å². The van der Waals surface area contributed by atoms with Gasteiger partial charge in [-0.15, -0.1) is 11.3 Å². The molecule has 0 unspecified atom stereocenters. The fourth-order valence-electron chi connectivity index (χ4n) is 1.87. The summed E-state index contributed by atoms with van der Waals surface area (Å²) in [6.45, 7) is 4.51. The highest BCUT2D eigenvalue weighted by Crippen LogP contribution is 2.28. The van der Waals surface area contributed by atoms with Gasteiger partial charge >= 0.3 is 0 Å². The number of benzene rings is 1. The van der Waals surface area contributed by atoms with Crippen molar-refractivity contribution < 1.29 is 8.42 Å². The van der Waals surface area contributed by atoms with Crippen molar-refractivity contribution in [2.45, 2.75) is 24.6 Å². The third kappa shape index (κ3) is 3.85. The second-order valence-electron chi connectivity index (χ2n) is 4.77. The average Bonchev–Trinajstić information content (AvgIpc) is 2.77. The molecule has 0 spiro atoms. The van der Waals surface area contributed by atoms with Gasteiger partial charge in [-0.1, -0.05) is 15.9 Å². The molecular weight excluding hydrogens is 372 g/mol. The molecule has 0 bridgehead atoms. The number of halogens is 1. The van der Waals surface area contributed by atoms with Gasteiger partial charge in [0.1, 0.15) is 4.21 Å². The smallest absolute Gasteiger partial charge is 0.271 e. The van der Waals surface area contributed by atoms with Crippen molar-refractivity contribution in [2.24, 2.45) is 0 Å². The number of sulfonamides is 1. The molecule has 21 heavy (non-hydrogen) atoms. The molecule has 7 heteroatoms. The first-order valence-corrected chi connectivity index (χ1v) is 9.45. The summed E-state index contributed by atoms with van der Waals surface area (Å²) in [5.74, 6) is 0. The molecule has 0 aliphatic rings. The number of aryl methyl sites for hydroxylation is 2. The molecule has 114 valence electrons. The molecule has 0 aliphatic heterocycles. The van der Waals surface area contributed by atoms with Gasteiger partial charge in [0.2, 0.25) is 0 Å². The summed E-state index contributed by atoms with van der Waals surface area (Å²) >= 11 is 4.70. The van der Waals surface area contributed by atoms with Crippen LogP contribution in [0.1, 0.15) is 16.0 Å². The molecule has 4 nitrogen and oxygen atoms in total. The van der Waals surface area contributed by atoms with Gasteiger partial charge in [-0.3, -0.25) is 4.72 Å². The Kier molecular flexibility index (Phi) is 5.08. The highest BCUT2D eigenvalue weighted by molar-refractivity contribution is 9.10. The van der Waals surface area contributed by atoms with Gasteiger partial charge in [-0.2, -0.15) is 0 Å². The average molecular weight is 389 g/mol. The summed E-state index contributed by atoms with van der Waals surface area (Å²) in [4.78, 5) is 1.03. The Hall–Kier alpha value is -0.890. The molecule has 2 aromatic rings. The standard InChI is InChI=1S/C14H17BrN2O2S2/c1-9-6-11(4-5-12(9)15)17-21(18,19)14-7-10(2)13(20-14)8-16-3/h4-7,16-17H,8H2,1-3H3. The van der Waals surface area contributed by atoms with E-state index in [0.29, 0.717) is 16.4 Å². The number of hydrogen-bond acceptors (Lipinski definition) is 4. The van der Waals surface area contributed by atoms with Gasteiger partial charge < -0.3 is 5.32 Å². The van der Waals surface area contributed by atoms with E-state index in [9.17, 15) is 8.42 Å². The maximum Gasteiger partial charge on any atom is 0.271 e. The highest BCUT2D eigenvalue weighted by atomic mass is 79.9. The molecule has 0 atom stereocenters. The van der Waals surface area contributed by atoms with Crippen LogP contribution in [0.25, 0.3) is 0 Å². The van der Waals surface area contributed by atoms with Crippen LogP contribution in [0.4, 0.5) is 5.69 Å². The van der Waals surface area contributed by atoms with E-state index in [0.717, 1.165) is 20.5 Å². The van der Waals surface area contributed by atoms with E-state index < -0.39 is 10.0 Å². The summed E-state index contributed by atoms with van der Waals surface area (Å²) in [5.41, 5.74) is 2.53. The van der Waals surface area contributed by atoms with Crippen molar-refractivity contribution in [1.82, 2.24) is 5.32 Å². The molecule has 1 heterocycles. The summed E-state index contributed by atoms with van der Waals surface area (Å²) < 4.78 is 28.8. The lowest BCUT2D eigenvalue weighted by molar-refractivity contribution is 0.603. The SMILES string of the molecule is CNCc1sc(S(=O)(=O)Nc2ccc(Br)c(C)c2)cc1C. The summed E-state index contributed by atoms with van der Waals surface area (Å²) in [7, 11) is -1.69. The normalized spacial score (nSPS) is 11.6. The lowest BCUT2D eigenvalue weighted by Crippen LogP contribution is -2.11. The number of rotatable bonds is 5. The van der Waals surface area contributed by atoms with Crippen LogP contribution in [0.15, 0.2) is 32.9 Å². The Morgan fingerprint density at radius 2 is 1.90 bits per heavy atom. The van der Waals surface area contributed by atoms with Crippen LogP contribution in [-0.2, 0) is 16.6 Å². The monoisotopic (exact) mass is 388 g/mol. The Labute approximate surface area is 137 Å². The highest BCUT2D eigenvalue weighted by Gasteiger charge is 2.19. The molecule has 1 aromatic carbocycles. The maximum absolute atomic E-state index is 12.4. The molecule has 0 saturated carbocycles. The van der Waals surface area contributed by atoms with Crippen LogP contribution in [0, 0.1) is 13.8 Å². The number of anilines is 1. The molecule has 0 amide bonds. The van der Waals surface area contributed by atoms with Crippen molar-refractivity contribution in [3.05, 3.63) is 44.7 Å². The minimum Gasteiger partial charge on any atom is -0.315 e. The topological polar surface area (TPSA) is 58.2 Å². The third-order valence-corrected chi connectivity index (χ3v) is 6.99. The molecular formula is C14H17BrN2O2S2. The van der Waals surface area contributed by atoms with Gasteiger partial charge in [-0.25, -0.2) is 8.42 Å². The molecule has 2 rings (SSSR count).